The Balaban J connectivity index is 1.59. The van der Waals surface area contributed by atoms with Crippen LogP contribution in [-0.2, 0) is 0 Å². The van der Waals surface area contributed by atoms with E-state index in [9.17, 15) is 0 Å². The van der Waals surface area contributed by atoms with Crippen LogP contribution in [0.1, 0.15) is 0 Å². The molecule has 0 radical (unpaired) electrons. The molecule has 2 aromatic heterocycles. The van der Waals surface area contributed by atoms with Crippen LogP contribution < -0.4 is 0 Å². The highest BCUT2D eigenvalue weighted by Gasteiger charge is 2.20. The molecule has 176 valence electrons. The van der Waals surface area contributed by atoms with Gasteiger partial charge in [-0.3, -0.25) is 9.97 Å². The molecule has 0 bridgehead atoms. The summed E-state index contributed by atoms with van der Waals surface area (Å²) < 4.78 is 0. The first-order valence-corrected chi connectivity index (χ1v) is 12.9. The normalized spacial score (nSPS) is 11.7. The Morgan fingerprint density at radius 3 is 1.55 bits per heavy atom. The van der Waals surface area contributed by atoms with Gasteiger partial charge in [-0.05, 0) is 72.8 Å². The van der Waals surface area contributed by atoms with Crippen molar-refractivity contribution in [3.05, 3.63) is 134 Å². The lowest BCUT2D eigenvalue weighted by atomic mass is 9.83. The first kappa shape index (κ1) is 21.0. The predicted molar refractivity (Wildman–Crippen MR) is 160 cm³/mol. The molecule has 2 heterocycles. The average molecular weight is 483 g/mol. The fraction of sp³-hybridized carbons (Fsp3) is 0. The van der Waals surface area contributed by atoms with E-state index in [1.54, 1.807) is 0 Å². The van der Waals surface area contributed by atoms with E-state index >= 15 is 0 Å². The van der Waals surface area contributed by atoms with Crippen molar-refractivity contribution in [3.63, 3.8) is 0 Å². The highest BCUT2D eigenvalue weighted by molar-refractivity contribution is 6.26. The Bertz CT molecular complexity index is 2130. The van der Waals surface area contributed by atoms with Crippen molar-refractivity contribution in [1.82, 2.24) is 9.97 Å². The van der Waals surface area contributed by atoms with E-state index in [1.807, 2.05) is 24.5 Å². The van der Waals surface area contributed by atoms with E-state index in [4.69, 9.17) is 4.98 Å². The third-order valence-corrected chi connectivity index (χ3v) is 7.72. The van der Waals surface area contributed by atoms with Crippen LogP contribution in [0.4, 0.5) is 0 Å². The number of fused-ring (bicyclic) bond motifs is 6. The lowest BCUT2D eigenvalue weighted by molar-refractivity contribution is 1.37. The van der Waals surface area contributed by atoms with Gasteiger partial charge >= 0.3 is 0 Å². The lowest BCUT2D eigenvalue weighted by Crippen LogP contribution is -1.93. The standard InChI is InChI=1S/C36H22N2/c1-2-13-25-23(10-1)11-7-18-26(25)33-27-14-3-5-16-29(27)34(30-17-6-4-15-28(30)33)32-22-24-12-8-20-37-35(24)36-31(32)19-9-21-38-36/h1-22H. The molecule has 0 unspecified atom stereocenters. The van der Waals surface area contributed by atoms with E-state index in [-0.39, 0.29) is 0 Å². The van der Waals surface area contributed by atoms with Crippen LogP contribution in [0.3, 0.4) is 0 Å². The van der Waals surface area contributed by atoms with Crippen LogP contribution in [0.15, 0.2) is 134 Å². The first-order valence-electron chi connectivity index (χ1n) is 12.9. The van der Waals surface area contributed by atoms with Crippen LogP contribution >= 0.6 is 0 Å². The molecule has 8 rings (SSSR count). The number of nitrogens with zero attached hydrogens (tertiary/aromatic N) is 2. The number of pyridine rings is 2. The van der Waals surface area contributed by atoms with Crippen LogP contribution in [0.2, 0.25) is 0 Å². The Labute approximate surface area is 219 Å². The fourth-order valence-electron chi connectivity index (χ4n) is 6.14. The van der Waals surface area contributed by atoms with Crippen molar-refractivity contribution >= 4 is 54.1 Å². The molecule has 38 heavy (non-hydrogen) atoms. The Kier molecular flexibility index (Phi) is 4.55. The van der Waals surface area contributed by atoms with Crippen molar-refractivity contribution in [2.75, 3.05) is 0 Å². The van der Waals surface area contributed by atoms with Gasteiger partial charge in [0, 0.05) is 23.2 Å². The molecule has 0 atom stereocenters. The molecule has 0 saturated heterocycles. The highest BCUT2D eigenvalue weighted by atomic mass is 14.7. The minimum atomic E-state index is 0.937. The number of hydrogen-bond acceptors (Lipinski definition) is 2. The molecule has 8 aromatic rings. The smallest absolute Gasteiger partial charge is 0.0970 e. The molecule has 0 aliphatic carbocycles. The fourth-order valence-corrected chi connectivity index (χ4v) is 6.14. The number of benzene rings is 6. The maximum atomic E-state index is 4.79. The molecule has 0 N–H and O–H groups in total. The van der Waals surface area contributed by atoms with E-state index < -0.39 is 0 Å². The van der Waals surface area contributed by atoms with E-state index in [0.717, 1.165) is 21.8 Å². The van der Waals surface area contributed by atoms with Gasteiger partial charge in [-0.15, -0.1) is 0 Å². The summed E-state index contributed by atoms with van der Waals surface area (Å²) in [4.78, 5) is 9.48. The van der Waals surface area contributed by atoms with Gasteiger partial charge in [0.05, 0.1) is 11.0 Å². The van der Waals surface area contributed by atoms with E-state index in [1.165, 1.54) is 54.6 Å². The number of rotatable bonds is 2. The van der Waals surface area contributed by atoms with Crippen LogP contribution in [0, 0.1) is 0 Å². The minimum absolute atomic E-state index is 0.937. The van der Waals surface area contributed by atoms with E-state index in [0.29, 0.717) is 0 Å². The Morgan fingerprint density at radius 2 is 0.842 bits per heavy atom. The lowest BCUT2D eigenvalue weighted by Gasteiger charge is -2.20. The summed E-state index contributed by atoms with van der Waals surface area (Å²) in [6.45, 7) is 0. The third kappa shape index (κ3) is 3.01. The maximum Gasteiger partial charge on any atom is 0.0970 e. The molecule has 0 saturated carbocycles. The zero-order valence-corrected chi connectivity index (χ0v) is 20.6. The largest absolute Gasteiger partial charge is 0.254 e. The summed E-state index contributed by atoms with van der Waals surface area (Å²) in [6, 6.07) is 43.6. The molecule has 0 spiro atoms. The van der Waals surface area contributed by atoms with Gasteiger partial charge in [-0.25, -0.2) is 0 Å². The van der Waals surface area contributed by atoms with Crippen molar-refractivity contribution in [2.24, 2.45) is 0 Å². The number of hydrogen-bond donors (Lipinski definition) is 0. The molecule has 6 aromatic carbocycles. The Morgan fingerprint density at radius 1 is 0.342 bits per heavy atom. The average Bonchev–Trinajstić information content (AvgIpc) is 2.99. The maximum absolute atomic E-state index is 4.79. The Hall–Kier alpha value is -5.08. The zero-order chi connectivity index (χ0) is 25.1. The number of aromatic nitrogens is 2. The van der Waals surface area contributed by atoms with E-state index in [2.05, 4.69) is 114 Å². The van der Waals surface area contributed by atoms with Gasteiger partial charge in [-0.2, -0.15) is 0 Å². The zero-order valence-electron chi connectivity index (χ0n) is 20.6. The van der Waals surface area contributed by atoms with Crippen molar-refractivity contribution in [2.45, 2.75) is 0 Å². The quantitative estimate of drug-likeness (QED) is 0.181. The van der Waals surface area contributed by atoms with Gasteiger partial charge < -0.3 is 0 Å². The third-order valence-electron chi connectivity index (χ3n) is 7.72. The predicted octanol–water partition coefficient (Wildman–Crippen LogP) is 9.58. The summed E-state index contributed by atoms with van der Waals surface area (Å²) in [6.07, 6.45) is 3.71. The molecule has 2 nitrogen and oxygen atoms in total. The second-order valence-electron chi connectivity index (χ2n) is 9.77. The van der Waals surface area contributed by atoms with Crippen molar-refractivity contribution < 1.29 is 0 Å². The van der Waals surface area contributed by atoms with Crippen LogP contribution in [0.25, 0.3) is 76.4 Å². The SMILES string of the molecule is c1ccc2c(-c3c4ccccc4c(-c4cc5cccnc5c5ncccc45)c4ccccc34)cccc2c1. The van der Waals surface area contributed by atoms with Crippen molar-refractivity contribution in [3.8, 4) is 22.3 Å². The molecule has 2 heteroatoms. The highest BCUT2D eigenvalue weighted by Crippen LogP contribution is 2.47. The summed E-state index contributed by atoms with van der Waals surface area (Å²) in [5, 5.41) is 9.71. The summed E-state index contributed by atoms with van der Waals surface area (Å²) >= 11 is 0. The van der Waals surface area contributed by atoms with Gasteiger partial charge in [0.15, 0.2) is 0 Å². The summed E-state index contributed by atoms with van der Waals surface area (Å²) in [5.41, 5.74) is 6.84. The van der Waals surface area contributed by atoms with Crippen molar-refractivity contribution in [1.29, 1.82) is 0 Å². The van der Waals surface area contributed by atoms with Gasteiger partial charge in [0.1, 0.15) is 0 Å². The van der Waals surface area contributed by atoms with Crippen LogP contribution in [0.5, 0.6) is 0 Å². The minimum Gasteiger partial charge on any atom is -0.254 e. The van der Waals surface area contributed by atoms with Gasteiger partial charge in [0.2, 0.25) is 0 Å². The first-order chi connectivity index (χ1) is 18.9. The van der Waals surface area contributed by atoms with Gasteiger partial charge in [0.25, 0.3) is 0 Å². The second kappa shape index (κ2) is 8.22. The molecular weight excluding hydrogens is 460 g/mol. The molecule has 0 amide bonds. The topological polar surface area (TPSA) is 25.8 Å². The molecular formula is C36H22N2. The molecule has 0 aliphatic heterocycles. The monoisotopic (exact) mass is 482 g/mol. The van der Waals surface area contributed by atoms with Gasteiger partial charge in [-0.1, -0.05) is 103 Å². The molecule has 0 fully saturated rings. The summed E-state index contributed by atoms with van der Waals surface area (Å²) in [5.74, 6) is 0. The molecule has 0 aliphatic rings. The van der Waals surface area contributed by atoms with Crippen LogP contribution in [-0.4, -0.2) is 9.97 Å². The summed E-state index contributed by atoms with van der Waals surface area (Å²) in [7, 11) is 0. The second-order valence-corrected chi connectivity index (χ2v) is 9.77.